The summed E-state index contributed by atoms with van der Waals surface area (Å²) in [5.41, 5.74) is 0. The van der Waals surface area contributed by atoms with E-state index in [2.05, 4.69) is 143 Å². The second kappa shape index (κ2) is 70.4. The maximum Gasteiger partial charge on any atom is 0.472 e. The van der Waals surface area contributed by atoms with Crippen molar-refractivity contribution in [1.82, 2.24) is 0 Å². The summed E-state index contributed by atoms with van der Waals surface area (Å²) >= 11 is 0. The molecule has 0 aromatic rings. The van der Waals surface area contributed by atoms with Crippen molar-refractivity contribution in [2.45, 2.75) is 290 Å². The molecule has 558 valence electrons. The van der Waals surface area contributed by atoms with Crippen molar-refractivity contribution in [3.8, 4) is 0 Å². The van der Waals surface area contributed by atoms with Crippen molar-refractivity contribution in [2.75, 3.05) is 39.6 Å². The van der Waals surface area contributed by atoms with E-state index in [1.807, 2.05) is 24.3 Å². The fourth-order valence-corrected chi connectivity index (χ4v) is 10.9. The van der Waals surface area contributed by atoms with E-state index in [0.717, 1.165) is 135 Å². The van der Waals surface area contributed by atoms with Crippen LogP contribution in [0.3, 0.4) is 0 Å². The van der Waals surface area contributed by atoms with Gasteiger partial charge in [0.05, 0.1) is 32.8 Å². The van der Waals surface area contributed by atoms with Crippen LogP contribution >= 0.6 is 15.6 Å². The number of rotatable bonds is 68. The number of carbonyl (C=O) groups excluding carboxylic acids is 4. The van der Waals surface area contributed by atoms with Crippen LogP contribution in [0.15, 0.2) is 146 Å². The van der Waals surface area contributed by atoms with Gasteiger partial charge in [-0.1, -0.05) is 270 Å². The monoisotopic (exact) mass is 1410 g/mol. The molecule has 0 aromatic carbocycles. The standard InChI is InChI=1S/C79H130O17P2/c1-5-9-13-17-21-25-29-33-36-40-43-47-51-55-59-63-76(81)89-69-74(95-78(83)65-61-57-53-49-45-39-32-28-24-20-16-12-8-4)71-93-97(85,86)91-67-73(80)68-92-98(87,88)94-72-75(96-79(84)66-62-58-54-50-46-42-38-35-31-27-23-19-15-11-7-3)70-90-77(82)64-60-56-52-48-44-41-37-34-30-26-22-18-14-10-6-2/h9-11,13-15,21-23,25-27,33-38,44,46,48,50,56,60,73-75,80H,5-8,12,16-20,24,28-32,39-43,45,47,49,51-55,57-59,61-72H2,1-4H3,(H,85,86)(H,87,88)/b13-9-,14-10-,15-11-,25-21-,26-22-,27-23-,36-33-,37-34-,38-35-,48-44-,50-46-,60-56-. The van der Waals surface area contributed by atoms with Gasteiger partial charge in [-0.15, -0.1) is 0 Å². The first-order valence-corrected chi connectivity index (χ1v) is 40.1. The summed E-state index contributed by atoms with van der Waals surface area (Å²) in [6.45, 7) is 4.33. The van der Waals surface area contributed by atoms with Gasteiger partial charge < -0.3 is 33.8 Å². The number of phosphoric acid groups is 2. The molecule has 0 aliphatic rings. The normalized spacial score (nSPS) is 14.8. The van der Waals surface area contributed by atoms with Crippen LogP contribution in [0.25, 0.3) is 0 Å². The summed E-state index contributed by atoms with van der Waals surface area (Å²) < 4.78 is 68.2. The lowest BCUT2D eigenvalue weighted by atomic mass is 10.0. The summed E-state index contributed by atoms with van der Waals surface area (Å²) in [7, 11) is -10.00. The van der Waals surface area contributed by atoms with Crippen LogP contribution in [-0.4, -0.2) is 96.7 Å². The Bertz CT molecular complexity index is 2430. The van der Waals surface area contributed by atoms with Crippen LogP contribution in [0.2, 0.25) is 0 Å². The Hall–Kier alpha value is -5.06. The fourth-order valence-electron chi connectivity index (χ4n) is 9.30. The van der Waals surface area contributed by atoms with Gasteiger partial charge in [0.2, 0.25) is 0 Å². The molecule has 0 radical (unpaired) electrons. The molecule has 0 saturated carbocycles. The molecule has 0 bridgehead atoms. The summed E-state index contributed by atoms with van der Waals surface area (Å²) in [6.07, 6.45) is 78.8. The van der Waals surface area contributed by atoms with Crippen molar-refractivity contribution >= 4 is 39.5 Å². The zero-order valence-corrected chi connectivity index (χ0v) is 62.4. The van der Waals surface area contributed by atoms with E-state index in [9.17, 15) is 43.2 Å². The van der Waals surface area contributed by atoms with Gasteiger partial charge in [-0.2, -0.15) is 0 Å². The molecule has 19 heteroatoms. The first-order valence-electron chi connectivity index (χ1n) is 37.1. The Morgan fingerprint density at radius 3 is 0.929 bits per heavy atom. The van der Waals surface area contributed by atoms with E-state index in [1.165, 1.54) is 51.4 Å². The minimum Gasteiger partial charge on any atom is -0.462 e. The van der Waals surface area contributed by atoms with E-state index in [0.29, 0.717) is 32.1 Å². The number of carbonyl (C=O) groups is 4. The molecule has 0 heterocycles. The highest BCUT2D eigenvalue weighted by atomic mass is 31.2. The molecule has 0 saturated heterocycles. The van der Waals surface area contributed by atoms with Crippen LogP contribution < -0.4 is 0 Å². The average Bonchev–Trinajstić information content (AvgIpc) is 1.04. The molecule has 0 aromatic heterocycles. The Morgan fingerprint density at radius 2 is 0.571 bits per heavy atom. The topological polar surface area (TPSA) is 237 Å². The molecule has 0 aliphatic heterocycles. The molecular formula is C79H130O17P2. The predicted molar refractivity (Wildman–Crippen MR) is 399 cm³/mol. The van der Waals surface area contributed by atoms with E-state index >= 15 is 0 Å². The SMILES string of the molecule is CC/C=C\C/C=C\C/C=C\C/C=C\C/C=C\CC(=O)OCC(COP(=O)(O)OCC(O)COP(=O)(O)OCC(COC(=O)CCCCCCC/C=C\C/C=C\C/C=C\CC)OC(=O)CCCCCCCCCCCCCCC)OC(=O)CCCC/C=C\C/C=C\C/C=C\C/C=C\CC. The van der Waals surface area contributed by atoms with Crippen LogP contribution in [0.1, 0.15) is 272 Å². The van der Waals surface area contributed by atoms with Crippen LogP contribution in [0, 0.1) is 0 Å². The van der Waals surface area contributed by atoms with E-state index < -0.39 is 97.5 Å². The largest absolute Gasteiger partial charge is 0.472 e. The van der Waals surface area contributed by atoms with Gasteiger partial charge in [0.15, 0.2) is 12.2 Å². The number of allylic oxidation sites excluding steroid dienone is 23. The maximum absolute atomic E-state index is 13.1. The zero-order chi connectivity index (χ0) is 71.8. The first kappa shape index (κ1) is 92.9. The van der Waals surface area contributed by atoms with E-state index in [1.54, 1.807) is 6.08 Å². The summed E-state index contributed by atoms with van der Waals surface area (Å²) in [5, 5.41) is 10.6. The molecule has 5 unspecified atom stereocenters. The quantitative estimate of drug-likeness (QED) is 0.0169. The number of phosphoric ester groups is 2. The lowest BCUT2D eigenvalue weighted by Crippen LogP contribution is -2.30. The predicted octanol–water partition coefficient (Wildman–Crippen LogP) is 21.1. The second-order valence-electron chi connectivity index (χ2n) is 24.1. The smallest absolute Gasteiger partial charge is 0.462 e. The van der Waals surface area contributed by atoms with E-state index in [4.69, 9.17) is 37.0 Å². The molecular weight excluding hydrogens is 1280 g/mol. The number of aliphatic hydroxyl groups excluding tert-OH is 1. The van der Waals surface area contributed by atoms with Crippen molar-refractivity contribution in [2.24, 2.45) is 0 Å². The van der Waals surface area contributed by atoms with Crippen molar-refractivity contribution in [1.29, 1.82) is 0 Å². The third-order valence-corrected chi connectivity index (χ3v) is 16.7. The maximum atomic E-state index is 13.1. The minimum atomic E-state index is -5.01. The Labute approximate surface area is 592 Å². The third-order valence-electron chi connectivity index (χ3n) is 14.8. The molecule has 3 N–H and O–H groups in total. The Kier molecular flexibility index (Phi) is 66.7. The van der Waals surface area contributed by atoms with Crippen LogP contribution in [0.5, 0.6) is 0 Å². The molecule has 0 amide bonds. The van der Waals surface area contributed by atoms with Gasteiger partial charge in [-0.05, 0) is 122 Å². The van der Waals surface area contributed by atoms with Gasteiger partial charge in [0.25, 0.3) is 0 Å². The molecule has 0 aliphatic carbocycles. The average molecular weight is 1410 g/mol. The lowest BCUT2D eigenvalue weighted by Gasteiger charge is -2.21. The number of esters is 4. The fraction of sp³-hybridized carbons (Fsp3) is 0.646. The Morgan fingerprint density at radius 1 is 0.306 bits per heavy atom. The minimum absolute atomic E-state index is 0.0188. The van der Waals surface area contributed by atoms with Crippen molar-refractivity contribution in [3.05, 3.63) is 146 Å². The summed E-state index contributed by atoms with van der Waals surface area (Å²) in [6, 6.07) is 0. The van der Waals surface area contributed by atoms with Crippen LogP contribution in [0.4, 0.5) is 0 Å². The summed E-state index contributed by atoms with van der Waals surface area (Å²) in [4.78, 5) is 72.7. The number of aliphatic hydroxyl groups is 1. The first-order chi connectivity index (χ1) is 47.7. The molecule has 0 fully saturated rings. The Balaban J connectivity index is 5.47. The number of unbranched alkanes of at least 4 members (excludes halogenated alkanes) is 19. The summed E-state index contributed by atoms with van der Waals surface area (Å²) in [5.74, 6) is -2.40. The number of hydrogen-bond acceptors (Lipinski definition) is 15. The molecule has 0 rings (SSSR count). The van der Waals surface area contributed by atoms with Gasteiger partial charge in [-0.25, -0.2) is 9.13 Å². The highest BCUT2D eigenvalue weighted by Crippen LogP contribution is 2.45. The molecule has 0 spiro atoms. The molecule has 5 atom stereocenters. The van der Waals surface area contributed by atoms with Gasteiger partial charge >= 0.3 is 39.5 Å². The highest BCUT2D eigenvalue weighted by molar-refractivity contribution is 7.47. The highest BCUT2D eigenvalue weighted by Gasteiger charge is 2.30. The third kappa shape index (κ3) is 69.4. The van der Waals surface area contributed by atoms with Gasteiger partial charge in [0.1, 0.15) is 19.3 Å². The van der Waals surface area contributed by atoms with Gasteiger partial charge in [-0.3, -0.25) is 37.3 Å². The van der Waals surface area contributed by atoms with Crippen molar-refractivity contribution in [3.63, 3.8) is 0 Å². The van der Waals surface area contributed by atoms with Crippen molar-refractivity contribution < 1.29 is 80.2 Å². The zero-order valence-electron chi connectivity index (χ0n) is 60.7. The number of hydrogen-bond donors (Lipinski definition) is 3. The van der Waals surface area contributed by atoms with Gasteiger partial charge in [0, 0.05) is 19.3 Å². The molecule has 17 nitrogen and oxygen atoms in total. The van der Waals surface area contributed by atoms with E-state index in [-0.39, 0.29) is 25.7 Å². The second-order valence-corrected chi connectivity index (χ2v) is 27.0. The van der Waals surface area contributed by atoms with Crippen LogP contribution in [-0.2, 0) is 65.4 Å². The lowest BCUT2D eigenvalue weighted by molar-refractivity contribution is -0.161. The molecule has 98 heavy (non-hydrogen) atoms. The number of ether oxygens (including phenoxy) is 4.